The number of halogens is 3. The molecule has 3 rings (SSSR count). The lowest BCUT2D eigenvalue weighted by Gasteiger charge is -2.37. The molecule has 1 N–H and O–H groups in total. The number of hydrogen-bond acceptors (Lipinski definition) is 1. The van der Waals surface area contributed by atoms with Crippen LogP contribution in [0.5, 0.6) is 0 Å². The molecule has 1 saturated carbocycles. The van der Waals surface area contributed by atoms with Crippen molar-refractivity contribution in [1.29, 1.82) is 0 Å². The number of nitrogens with one attached hydrogen (secondary N) is 1. The SMILES string of the molecule is Cc1ccc(F)c(NC2CC(c3cccc(Cl)c3)C2)c1F. The summed E-state index contributed by atoms with van der Waals surface area (Å²) in [4.78, 5) is 0. The number of aryl methyl sites for hydroxylation is 1. The summed E-state index contributed by atoms with van der Waals surface area (Å²) in [5.74, 6) is -0.636. The zero-order valence-electron chi connectivity index (χ0n) is 11.7. The van der Waals surface area contributed by atoms with Gasteiger partial charge in [0.15, 0.2) is 5.82 Å². The zero-order chi connectivity index (χ0) is 15.0. The molecule has 2 aromatic rings. The maximum Gasteiger partial charge on any atom is 0.152 e. The fourth-order valence-corrected chi connectivity index (χ4v) is 2.96. The molecule has 0 spiro atoms. The van der Waals surface area contributed by atoms with E-state index >= 15 is 0 Å². The van der Waals surface area contributed by atoms with Gasteiger partial charge < -0.3 is 5.32 Å². The molecule has 4 heteroatoms. The van der Waals surface area contributed by atoms with E-state index in [9.17, 15) is 8.78 Å². The van der Waals surface area contributed by atoms with Crippen LogP contribution in [0.15, 0.2) is 36.4 Å². The number of anilines is 1. The minimum absolute atomic E-state index is 0.00968. The van der Waals surface area contributed by atoms with E-state index in [0.717, 1.165) is 17.9 Å². The van der Waals surface area contributed by atoms with Gasteiger partial charge in [-0.15, -0.1) is 0 Å². The molecule has 0 saturated heterocycles. The molecule has 0 aliphatic heterocycles. The summed E-state index contributed by atoms with van der Waals surface area (Å²) < 4.78 is 27.6. The Morgan fingerprint density at radius 2 is 1.90 bits per heavy atom. The first kappa shape index (κ1) is 14.3. The Kier molecular flexibility index (Phi) is 3.85. The molecule has 0 radical (unpaired) electrons. The molecule has 0 bridgehead atoms. The summed E-state index contributed by atoms with van der Waals surface area (Å²) in [6, 6.07) is 10.6. The lowest BCUT2D eigenvalue weighted by atomic mass is 9.76. The van der Waals surface area contributed by atoms with Crippen LogP contribution in [0, 0.1) is 18.6 Å². The summed E-state index contributed by atoms with van der Waals surface area (Å²) in [6.45, 7) is 1.63. The Balaban J connectivity index is 1.67. The summed E-state index contributed by atoms with van der Waals surface area (Å²) in [7, 11) is 0. The van der Waals surface area contributed by atoms with Crippen LogP contribution in [0.3, 0.4) is 0 Å². The van der Waals surface area contributed by atoms with Crippen molar-refractivity contribution < 1.29 is 8.78 Å². The van der Waals surface area contributed by atoms with Crippen LogP contribution in [0.25, 0.3) is 0 Å². The van der Waals surface area contributed by atoms with E-state index in [1.807, 2.05) is 24.3 Å². The predicted molar refractivity (Wildman–Crippen MR) is 81.9 cm³/mol. The molecule has 0 atom stereocenters. The van der Waals surface area contributed by atoms with E-state index in [2.05, 4.69) is 5.32 Å². The van der Waals surface area contributed by atoms with Gasteiger partial charge in [0.05, 0.1) is 0 Å². The molecule has 0 unspecified atom stereocenters. The van der Waals surface area contributed by atoms with Crippen LogP contribution in [0.2, 0.25) is 5.02 Å². The third-order valence-corrected chi connectivity index (χ3v) is 4.33. The summed E-state index contributed by atoms with van der Waals surface area (Å²) in [6.07, 6.45) is 1.71. The smallest absolute Gasteiger partial charge is 0.152 e. The predicted octanol–water partition coefficient (Wildman–Crippen LogP) is 5.28. The summed E-state index contributed by atoms with van der Waals surface area (Å²) in [5.41, 5.74) is 1.62. The second kappa shape index (κ2) is 5.64. The van der Waals surface area contributed by atoms with E-state index in [1.54, 1.807) is 6.92 Å². The highest BCUT2D eigenvalue weighted by atomic mass is 35.5. The highest BCUT2D eigenvalue weighted by Gasteiger charge is 2.31. The molecule has 110 valence electrons. The van der Waals surface area contributed by atoms with Crippen molar-refractivity contribution in [2.75, 3.05) is 5.32 Å². The highest BCUT2D eigenvalue weighted by molar-refractivity contribution is 6.30. The Bertz CT molecular complexity index is 666. The van der Waals surface area contributed by atoms with Crippen LogP contribution in [0.4, 0.5) is 14.5 Å². The molecule has 1 aliphatic carbocycles. The fourth-order valence-electron chi connectivity index (χ4n) is 2.76. The third-order valence-electron chi connectivity index (χ3n) is 4.09. The molecule has 0 heterocycles. The largest absolute Gasteiger partial charge is 0.378 e. The molecule has 1 fully saturated rings. The maximum atomic E-state index is 13.9. The monoisotopic (exact) mass is 307 g/mol. The van der Waals surface area contributed by atoms with Gasteiger partial charge >= 0.3 is 0 Å². The van der Waals surface area contributed by atoms with Crippen LogP contribution >= 0.6 is 11.6 Å². The van der Waals surface area contributed by atoms with Gasteiger partial charge in [-0.2, -0.15) is 0 Å². The molecule has 0 amide bonds. The van der Waals surface area contributed by atoms with E-state index in [1.165, 1.54) is 17.7 Å². The van der Waals surface area contributed by atoms with Gasteiger partial charge in [0.1, 0.15) is 11.5 Å². The first-order valence-corrected chi connectivity index (χ1v) is 7.39. The quantitative estimate of drug-likeness (QED) is 0.813. The fraction of sp³-hybridized carbons (Fsp3) is 0.294. The number of rotatable bonds is 3. The van der Waals surface area contributed by atoms with Gasteiger partial charge in [-0.3, -0.25) is 0 Å². The van der Waals surface area contributed by atoms with Gasteiger partial charge in [-0.05, 0) is 55.0 Å². The topological polar surface area (TPSA) is 12.0 Å². The Morgan fingerprint density at radius 3 is 2.62 bits per heavy atom. The standard InChI is InChI=1S/C17H16ClF2N/c1-10-5-6-15(19)17(16(10)20)21-14-8-12(9-14)11-3-2-4-13(18)7-11/h2-7,12,14,21H,8-9H2,1H3. The molecule has 2 aromatic carbocycles. The Hall–Kier alpha value is -1.61. The Morgan fingerprint density at radius 1 is 1.14 bits per heavy atom. The second-order valence-electron chi connectivity index (χ2n) is 5.62. The zero-order valence-corrected chi connectivity index (χ0v) is 12.4. The minimum Gasteiger partial charge on any atom is -0.378 e. The van der Waals surface area contributed by atoms with E-state index < -0.39 is 11.6 Å². The van der Waals surface area contributed by atoms with Crippen molar-refractivity contribution in [2.45, 2.75) is 31.7 Å². The van der Waals surface area contributed by atoms with Crippen LogP contribution in [-0.4, -0.2) is 6.04 Å². The third kappa shape index (κ3) is 2.88. The molecular weight excluding hydrogens is 292 g/mol. The van der Waals surface area contributed by atoms with Crippen molar-refractivity contribution >= 4 is 17.3 Å². The molecule has 1 nitrogen and oxygen atoms in total. The maximum absolute atomic E-state index is 13.9. The van der Waals surface area contributed by atoms with Gasteiger partial charge in [-0.25, -0.2) is 8.78 Å². The molecular formula is C17H16ClF2N. The van der Waals surface area contributed by atoms with Crippen molar-refractivity contribution in [3.05, 3.63) is 64.2 Å². The van der Waals surface area contributed by atoms with Gasteiger partial charge in [0.2, 0.25) is 0 Å². The van der Waals surface area contributed by atoms with Crippen LogP contribution < -0.4 is 5.32 Å². The average Bonchev–Trinajstić information content (AvgIpc) is 2.41. The lowest BCUT2D eigenvalue weighted by Crippen LogP contribution is -2.34. The number of hydrogen-bond donors (Lipinski definition) is 1. The van der Waals surface area contributed by atoms with Crippen molar-refractivity contribution in [3.8, 4) is 0 Å². The van der Waals surface area contributed by atoms with Crippen molar-refractivity contribution in [3.63, 3.8) is 0 Å². The van der Waals surface area contributed by atoms with Gasteiger partial charge in [0.25, 0.3) is 0 Å². The number of benzene rings is 2. The summed E-state index contributed by atoms with van der Waals surface area (Å²) in [5, 5.41) is 3.71. The Labute approximate surface area is 127 Å². The highest BCUT2D eigenvalue weighted by Crippen LogP contribution is 2.39. The lowest BCUT2D eigenvalue weighted by molar-refractivity contribution is 0.371. The van der Waals surface area contributed by atoms with Crippen LogP contribution in [-0.2, 0) is 0 Å². The van der Waals surface area contributed by atoms with Crippen molar-refractivity contribution in [1.82, 2.24) is 0 Å². The molecule has 1 aliphatic rings. The van der Waals surface area contributed by atoms with E-state index in [0.29, 0.717) is 11.5 Å². The van der Waals surface area contributed by atoms with Crippen LogP contribution in [0.1, 0.15) is 29.9 Å². The van der Waals surface area contributed by atoms with Crippen molar-refractivity contribution in [2.24, 2.45) is 0 Å². The normalized spacial score (nSPS) is 21.0. The van der Waals surface area contributed by atoms with Gasteiger partial charge in [-0.1, -0.05) is 29.8 Å². The average molecular weight is 308 g/mol. The minimum atomic E-state index is -0.538. The van der Waals surface area contributed by atoms with Gasteiger partial charge in [0, 0.05) is 11.1 Å². The van der Waals surface area contributed by atoms with E-state index in [-0.39, 0.29) is 11.7 Å². The first-order valence-electron chi connectivity index (χ1n) is 7.01. The second-order valence-corrected chi connectivity index (χ2v) is 6.05. The summed E-state index contributed by atoms with van der Waals surface area (Å²) >= 11 is 5.98. The molecule has 0 aromatic heterocycles. The molecule has 21 heavy (non-hydrogen) atoms. The first-order chi connectivity index (χ1) is 10.0. The van der Waals surface area contributed by atoms with E-state index in [4.69, 9.17) is 11.6 Å².